The van der Waals surface area contributed by atoms with Crippen LogP contribution in [0.25, 0.3) is 10.9 Å². The molecule has 1 atom stereocenters. The van der Waals surface area contributed by atoms with Crippen molar-refractivity contribution in [3.8, 4) is 0 Å². The molecule has 0 bridgehead atoms. The molecule has 0 spiro atoms. The number of nitrogens with zero attached hydrogens (tertiary/aromatic N) is 3. The average molecular weight is 400 g/mol. The van der Waals surface area contributed by atoms with Gasteiger partial charge in [0.05, 0.1) is 5.52 Å². The molecule has 2 amide bonds. The predicted molar refractivity (Wildman–Crippen MR) is 117 cm³/mol. The first-order valence-electron chi connectivity index (χ1n) is 10.1. The lowest BCUT2D eigenvalue weighted by Crippen LogP contribution is -2.29. The summed E-state index contributed by atoms with van der Waals surface area (Å²) in [6.45, 7) is 6.75. The summed E-state index contributed by atoms with van der Waals surface area (Å²) < 4.78 is 0. The minimum atomic E-state index is -0.268. The maximum atomic E-state index is 13.0. The minimum absolute atomic E-state index is 0.0154. The third-order valence-corrected chi connectivity index (χ3v) is 5.50. The zero-order chi connectivity index (χ0) is 21.1. The van der Waals surface area contributed by atoms with Gasteiger partial charge in [0.1, 0.15) is 5.82 Å². The van der Waals surface area contributed by atoms with Crippen molar-refractivity contribution in [2.75, 3.05) is 18.4 Å². The van der Waals surface area contributed by atoms with E-state index in [0.29, 0.717) is 23.7 Å². The molecule has 1 N–H and O–H groups in total. The van der Waals surface area contributed by atoms with Crippen LogP contribution < -0.4 is 5.32 Å². The van der Waals surface area contributed by atoms with E-state index in [-0.39, 0.29) is 11.8 Å². The summed E-state index contributed by atoms with van der Waals surface area (Å²) in [6.07, 6.45) is 4.79. The predicted octanol–water partition coefficient (Wildman–Crippen LogP) is 3.77. The van der Waals surface area contributed by atoms with E-state index in [1.54, 1.807) is 12.1 Å². The van der Waals surface area contributed by atoms with Crippen LogP contribution in [0.4, 0.5) is 5.69 Å². The molecule has 152 valence electrons. The van der Waals surface area contributed by atoms with Crippen LogP contribution in [0.15, 0.2) is 61.3 Å². The molecule has 6 nitrogen and oxygen atoms in total. The number of benzene rings is 2. The molecule has 30 heavy (non-hydrogen) atoms. The van der Waals surface area contributed by atoms with Crippen molar-refractivity contribution in [3.63, 3.8) is 0 Å². The highest BCUT2D eigenvalue weighted by Gasteiger charge is 2.28. The highest BCUT2D eigenvalue weighted by atomic mass is 16.2. The fourth-order valence-corrected chi connectivity index (χ4v) is 3.85. The molecule has 0 radical (unpaired) electrons. The van der Waals surface area contributed by atoms with E-state index in [1.807, 2.05) is 48.4 Å². The number of hydrogen-bond donors (Lipinski definition) is 1. The molecule has 2 heterocycles. The number of carbonyl (C=O) groups is 2. The van der Waals surface area contributed by atoms with Crippen molar-refractivity contribution < 1.29 is 9.59 Å². The molecule has 1 fully saturated rings. The fraction of sp³-hybridized carbons (Fsp3) is 0.250. The van der Waals surface area contributed by atoms with E-state index >= 15 is 0 Å². The molecule has 0 unspecified atom stereocenters. The lowest BCUT2D eigenvalue weighted by molar-refractivity contribution is -0.111. The maximum absolute atomic E-state index is 13.0. The third kappa shape index (κ3) is 4.22. The van der Waals surface area contributed by atoms with Gasteiger partial charge in [-0.2, -0.15) is 0 Å². The number of anilines is 1. The van der Waals surface area contributed by atoms with Crippen LogP contribution in [0.1, 0.15) is 28.2 Å². The molecule has 1 aromatic heterocycles. The summed E-state index contributed by atoms with van der Waals surface area (Å²) >= 11 is 0. The maximum Gasteiger partial charge on any atom is 0.253 e. The average Bonchev–Trinajstić information content (AvgIpc) is 3.22. The van der Waals surface area contributed by atoms with Gasteiger partial charge in [0.2, 0.25) is 5.91 Å². The Labute approximate surface area is 175 Å². The lowest BCUT2D eigenvalue weighted by Gasteiger charge is -2.17. The van der Waals surface area contributed by atoms with E-state index in [9.17, 15) is 9.59 Å². The Morgan fingerprint density at radius 2 is 2.10 bits per heavy atom. The number of rotatable bonds is 5. The SMILES string of the molecule is C=CC(=O)Nc1ccc(C(=O)N2CC[C@@H](Cc3ncc4ccccc4n3)C2)cc1C. The van der Waals surface area contributed by atoms with Gasteiger partial charge in [-0.05, 0) is 55.2 Å². The summed E-state index contributed by atoms with van der Waals surface area (Å²) in [7, 11) is 0. The van der Waals surface area contributed by atoms with Crippen molar-refractivity contribution in [2.24, 2.45) is 5.92 Å². The molecule has 1 aliphatic rings. The molecule has 2 aromatic carbocycles. The minimum Gasteiger partial charge on any atom is -0.338 e. The van der Waals surface area contributed by atoms with Gasteiger partial charge in [0.15, 0.2) is 0 Å². The first-order valence-corrected chi connectivity index (χ1v) is 10.1. The van der Waals surface area contributed by atoms with Crippen LogP contribution in [0, 0.1) is 12.8 Å². The lowest BCUT2D eigenvalue weighted by atomic mass is 10.0. The van der Waals surface area contributed by atoms with Crippen molar-refractivity contribution in [1.29, 1.82) is 0 Å². The Morgan fingerprint density at radius 1 is 1.27 bits per heavy atom. The third-order valence-electron chi connectivity index (χ3n) is 5.50. The number of carbonyl (C=O) groups excluding carboxylic acids is 2. The largest absolute Gasteiger partial charge is 0.338 e. The van der Waals surface area contributed by atoms with Gasteiger partial charge in [-0.15, -0.1) is 0 Å². The number of para-hydroxylation sites is 1. The van der Waals surface area contributed by atoms with Gasteiger partial charge in [0.25, 0.3) is 5.91 Å². The molecule has 6 heteroatoms. The van der Waals surface area contributed by atoms with Crippen molar-refractivity contribution in [2.45, 2.75) is 19.8 Å². The number of fused-ring (bicyclic) bond motifs is 1. The molecule has 4 rings (SSSR count). The number of amides is 2. The molecule has 3 aromatic rings. The number of likely N-dealkylation sites (tertiary alicyclic amines) is 1. The summed E-state index contributed by atoms with van der Waals surface area (Å²) in [5.41, 5.74) is 3.11. The highest BCUT2D eigenvalue weighted by Crippen LogP contribution is 2.24. The quantitative estimate of drug-likeness (QED) is 0.662. The van der Waals surface area contributed by atoms with Crippen LogP contribution >= 0.6 is 0 Å². The Balaban J connectivity index is 1.41. The van der Waals surface area contributed by atoms with Gasteiger partial charge >= 0.3 is 0 Å². The van der Waals surface area contributed by atoms with Crippen LogP contribution in [0.2, 0.25) is 0 Å². The van der Waals surface area contributed by atoms with Gasteiger partial charge in [-0.3, -0.25) is 9.59 Å². The number of hydrogen-bond acceptors (Lipinski definition) is 4. The van der Waals surface area contributed by atoms with Gasteiger partial charge in [-0.25, -0.2) is 9.97 Å². The zero-order valence-corrected chi connectivity index (χ0v) is 17.0. The van der Waals surface area contributed by atoms with Crippen molar-refractivity contribution in [1.82, 2.24) is 14.9 Å². The second-order valence-corrected chi connectivity index (χ2v) is 7.68. The molecular formula is C24H24N4O2. The molecule has 0 aliphatic carbocycles. The monoisotopic (exact) mass is 400 g/mol. The van der Waals surface area contributed by atoms with E-state index in [0.717, 1.165) is 41.7 Å². The van der Waals surface area contributed by atoms with Crippen LogP contribution in [0.5, 0.6) is 0 Å². The van der Waals surface area contributed by atoms with Crippen molar-refractivity contribution in [3.05, 3.63) is 78.3 Å². The second-order valence-electron chi connectivity index (χ2n) is 7.68. The summed E-state index contributed by atoms with van der Waals surface area (Å²) in [6, 6.07) is 13.3. The summed E-state index contributed by atoms with van der Waals surface area (Å²) in [5.74, 6) is 0.922. The zero-order valence-electron chi connectivity index (χ0n) is 17.0. The van der Waals surface area contributed by atoms with Gasteiger partial charge < -0.3 is 10.2 Å². The molecule has 1 aliphatic heterocycles. The number of aryl methyl sites for hydroxylation is 1. The summed E-state index contributed by atoms with van der Waals surface area (Å²) in [4.78, 5) is 35.5. The van der Waals surface area contributed by atoms with Crippen LogP contribution in [0.3, 0.4) is 0 Å². The topological polar surface area (TPSA) is 75.2 Å². The van der Waals surface area contributed by atoms with Crippen LogP contribution in [-0.2, 0) is 11.2 Å². The fourth-order valence-electron chi connectivity index (χ4n) is 3.85. The van der Waals surface area contributed by atoms with E-state index in [2.05, 4.69) is 21.9 Å². The Morgan fingerprint density at radius 3 is 2.90 bits per heavy atom. The van der Waals surface area contributed by atoms with E-state index in [1.165, 1.54) is 6.08 Å². The molecule has 0 saturated carbocycles. The Bertz CT molecular complexity index is 1130. The standard InChI is InChI=1S/C24H24N4O2/c1-3-23(29)27-20-9-8-18(12-16(20)2)24(30)28-11-10-17(15-28)13-22-25-14-19-6-4-5-7-21(19)26-22/h3-9,12,14,17H,1,10-11,13,15H2,2H3,(H,27,29)/t17-/m0/s1. The van der Waals surface area contributed by atoms with Crippen LogP contribution in [-0.4, -0.2) is 39.8 Å². The normalized spacial score (nSPS) is 15.9. The van der Waals surface area contributed by atoms with Crippen molar-refractivity contribution >= 4 is 28.4 Å². The molecular weight excluding hydrogens is 376 g/mol. The first-order chi connectivity index (χ1) is 14.5. The Kier molecular flexibility index (Phi) is 5.57. The second kappa shape index (κ2) is 8.45. The first kappa shape index (κ1) is 19.8. The molecule has 1 saturated heterocycles. The summed E-state index contributed by atoms with van der Waals surface area (Å²) in [5, 5.41) is 3.78. The van der Waals surface area contributed by atoms with E-state index in [4.69, 9.17) is 0 Å². The van der Waals surface area contributed by atoms with E-state index < -0.39 is 0 Å². The van der Waals surface area contributed by atoms with Gasteiger partial charge in [-0.1, -0.05) is 24.8 Å². The Hall–Kier alpha value is -3.54. The van der Waals surface area contributed by atoms with Gasteiger partial charge in [0, 0.05) is 42.3 Å². The smallest absolute Gasteiger partial charge is 0.253 e. The highest BCUT2D eigenvalue weighted by molar-refractivity contribution is 6.00. The number of aromatic nitrogens is 2. The number of nitrogens with one attached hydrogen (secondary N) is 1.